The van der Waals surface area contributed by atoms with Crippen molar-refractivity contribution in [3.05, 3.63) is 71.3 Å². The molecule has 0 aliphatic carbocycles. The van der Waals surface area contributed by atoms with E-state index in [1.807, 2.05) is 0 Å². The number of ether oxygens (including phenoxy) is 1. The molecule has 0 saturated carbocycles. The van der Waals surface area contributed by atoms with E-state index in [-0.39, 0.29) is 19.6 Å². The van der Waals surface area contributed by atoms with Crippen LogP contribution in [0, 0.1) is 12.7 Å². The van der Waals surface area contributed by atoms with E-state index in [9.17, 15) is 22.4 Å². The van der Waals surface area contributed by atoms with Gasteiger partial charge in [-0.25, -0.2) is 9.37 Å². The fourth-order valence-electron chi connectivity index (χ4n) is 3.54. The number of nitrogens with zero attached hydrogens (tertiary/aromatic N) is 2. The van der Waals surface area contributed by atoms with E-state index in [1.165, 1.54) is 30.3 Å². The number of benzene rings is 2. The molecule has 0 fully saturated rings. The number of hydrogen-bond acceptors (Lipinski definition) is 4. The summed E-state index contributed by atoms with van der Waals surface area (Å²) < 4.78 is 60.3. The fourth-order valence-corrected chi connectivity index (χ4v) is 3.54. The fraction of sp³-hybridized carbons (Fsp3) is 0.333. The van der Waals surface area contributed by atoms with E-state index in [1.54, 1.807) is 17.7 Å². The van der Waals surface area contributed by atoms with Crippen LogP contribution in [0.15, 0.2) is 48.7 Å². The van der Waals surface area contributed by atoms with Crippen molar-refractivity contribution in [2.24, 2.45) is 5.73 Å². The van der Waals surface area contributed by atoms with Crippen molar-refractivity contribution in [2.75, 3.05) is 6.61 Å². The molecule has 182 valence electrons. The zero-order chi connectivity index (χ0) is 24.9. The largest absolute Gasteiger partial charge is 0.493 e. The molecule has 0 spiro atoms. The van der Waals surface area contributed by atoms with Crippen molar-refractivity contribution < 1.29 is 32.2 Å². The summed E-state index contributed by atoms with van der Waals surface area (Å²) in [5.74, 6) is -0.533. The number of aryl methyl sites for hydroxylation is 1. The molecule has 0 unspecified atom stereocenters. The highest BCUT2D eigenvalue weighted by Gasteiger charge is 2.30. The molecule has 10 heteroatoms. The lowest BCUT2D eigenvalue weighted by Gasteiger charge is -2.16. The van der Waals surface area contributed by atoms with Crippen LogP contribution in [0.2, 0.25) is 0 Å². The number of halogens is 4. The summed E-state index contributed by atoms with van der Waals surface area (Å²) in [6, 6.07) is 8.33. The highest BCUT2D eigenvalue weighted by atomic mass is 19.4. The number of carboxylic acid groups (broad SMARTS) is 1. The summed E-state index contributed by atoms with van der Waals surface area (Å²) in [7, 11) is 0. The van der Waals surface area contributed by atoms with Crippen LogP contribution >= 0.6 is 0 Å². The molecule has 0 bridgehead atoms. The number of rotatable bonds is 10. The Kier molecular flexibility index (Phi) is 7.93. The highest BCUT2D eigenvalue weighted by molar-refractivity contribution is 5.67. The number of carbonyl (C=O) groups is 1. The van der Waals surface area contributed by atoms with Crippen LogP contribution in [0.3, 0.4) is 0 Å². The molecule has 3 N–H and O–H groups in total. The maximum absolute atomic E-state index is 14.0. The highest BCUT2D eigenvalue weighted by Crippen LogP contribution is 2.31. The zero-order valence-corrected chi connectivity index (χ0v) is 18.5. The number of carboxylic acids is 1. The van der Waals surface area contributed by atoms with E-state index in [4.69, 9.17) is 15.6 Å². The van der Waals surface area contributed by atoms with Crippen LogP contribution in [0.5, 0.6) is 5.75 Å². The van der Waals surface area contributed by atoms with Crippen LogP contribution in [0.4, 0.5) is 17.6 Å². The molecule has 1 heterocycles. The standard InChI is InChI=1S/C24H25F4N3O3/c1-15-13-30-23(16-4-6-18(7-5-16)24(26,27)28)31(15)14-17-11-19(25)8-9-21(17)34-10-2-3-20(29)12-22(32)33/h4-9,11,13,20H,2-3,10,12,14,29H2,1H3,(H,32,33)/t20-/m1/s1. The minimum Gasteiger partial charge on any atom is -0.493 e. The van der Waals surface area contributed by atoms with Crippen LogP contribution in [0.25, 0.3) is 11.4 Å². The van der Waals surface area contributed by atoms with E-state index in [2.05, 4.69) is 4.98 Å². The van der Waals surface area contributed by atoms with Crippen molar-refractivity contribution in [1.82, 2.24) is 9.55 Å². The number of alkyl halides is 3. The first-order chi connectivity index (χ1) is 16.0. The normalized spacial score (nSPS) is 12.5. The number of hydrogen-bond donors (Lipinski definition) is 2. The second-order valence-corrected chi connectivity index (χ2v) is 7.99. The maximum atomic E-state index is 14.0. The minimum absolute atomic E-state index is 0.131. The third-order valence-corrected chi connectivity index (χ3v) is 5.29. The van der Waals surface area contributed by atoms with Gasteiger partial charge in [-0.2, -0.15) is 13.2 Å². The molecule has 6 nitrogen and oxygen atoms in total. The third-order valence-electron chi connectivity index (χ3n) is 5.29. The summed E-state index contributed by atoms with van der Waals surface area (Å²) >= 11 is 0. The second-order valence-electron chi connectivity index (χ2n) is 7.99. The van der Waals surface area contributed by atoms with Crippen molar-refractivity contribution in [1.29, 1.82) is 0 Å². The SMILES string of the molecule is Cc1cnc(-c2ccc(C(F)(F)F)cc2)n1Cc1cc(F)ccc1OCCC[C@@H](N)CC(=O)O. The molecule has 3 aromatic rings. The van der Waals surface area contributed by atoms with Crippen molar-refractivity contribution in [3.63, 3.8) is 0 Å². The number of aromatic nitrogens is 2. The number of aliphatic carboxylic acids is 1. The van der Waals surface area contributed by atoms with E-state index in [0.29, 0.717) is 35.5 Å². The lowest BCUT2D eigenvalue weighted by molar-refractivity contribution is -0.138. The Morgan fingerprint density at radius 1 is 1.21 bits per heavy atom. The zero-order valence-electron chi connectivity index (χ0n) is 18.5. The Morgan fingerprint density at radius 3 is 2.56 bits per heavy atom. The van der Waals surface area contributed by atoms with Gasteiger partial charge in [-0.3, -0.25) is 4.79 Å². The van der Waals surface area contributed by atoms with Gasteiger partial charge >= 0.3 is 12.1 Å². The van der Waals surface area contributed by atoms with Crippen molar-refractivity contribution in [2.45, 2.75) is 44.9 Å². The topological polar surface area (TPSA) is 90.4 Å². The van der Waals surface area contributed by atoms with Crippen LogP contribution < -0.4 is 10.5 Å². The Bertz CT molecular complexity index is 1130. The average Bonchev–Trinajstić information content (AvgIpc) is 3.11. The first-order valence-corrected chi connectivity index (χ1v) is 10.6. The van der Waals surface area contributed by atoms with Gasteiger partial charge in [0.2, 0.25) is 0 Å². The van der Waals surface area contributed by atoms with Crippen LogP contribution in [-0.4, -0.2) is 33.3 Å². The summed E-state index contributed by atoms with van der Waals surface area (Å²) in [6.07, 6.45) is -1.99. The quantitative estimate of drug-likeness (QED) is 0.315. The lowest BCUT2D eigenvalue weighted by atomic mass is 10.1. The lowest BCUT2D eigenvalue weighted by Crippen LogP contribution is -2.24. The monoisotopic (exact) mass is 479 g/mol. The molecule has 0 amide bonds. The summed E-state index contributed by atoms with van der Waals surface area (Å²) in [6.45, 7) is 2.25. The predicted molar refractivity (Wildman–Crippen MR) is 118 cm³/mol. The van der Waals surface area contributed by atoms with E-state index < -0.39 is 29.6 Å². The molecule has 1 aromatic heterocycles. The smallest absolute Gasteiger partial charge is 0.416 e. The van der Waals surface area contributed by atoms with Gasteiger partial charge in [0.25, 0.3) is 0 Å². The molecule has 1 atom stereocenters. The summed E-state index contributed by atoms with van der Waals surface area (Å²) in [5.41, 5.74) is 6.77. The van der Waals surface area contributed by atoms with Crippen molar-refractivity contribution in [3.8, 4) is 17.1 Å². The first-order valence-electron chi connectivity index (χ1n) is 10.6. The Morgan fingerprint density at radius 2 is 1.91 bits per heavy atom. The first kappa shape index (κ1) is 25.2. The number of imidazole rings is 1. The average molecular weight is 479 g/mol. The van der Waals surface area contributed by atoms with Gasteiger partial charge in [0.1, 0.15) is 17.4 Å². The van der Waals surface area contributed by atoms with E-state index in [0.717, 1.165) is 17.8 Å². The van der Waals surface area contributed by atoms with Gasteiger partial charge in [0.15, 0.2) is 0 Å². The van der Waals surface area contributed by atoms with Gasteiger partial charge < -0.3 is 20.1 Å². The molecule has 3 rings (SSSR count). The molecule has 0 aliphatic rings. The molecule has 34 heavy (non-hydrogen) atoms. The predicted octanol–water partition coefficient (Wildman–Crippen LogP) is 5.03. The summed E-state index contributed by atoms with van der Waals surface area (Å²) in [4.78, 5) is 15.0. The molecular weight excluding hydrogens is 454 g/mol. The van der Waals surface area contributed by atoms with Crippen molar-refractivity contribution >= 4 is 5.97 Å². The molecule has 0 saturated heterocycles. The Labute approximate surface area is 194 Å². The van der Waals surface area contributed by atoms with E-state index >= 15 is 0 Å². The second kappa shape index (κ2) is 10.7. The molecule has 2 aromatic carbocycles. The van der Waals surface area contributed by atoms with Crippen LogP contribution in [-0.2, 0) is 17.5 Å². The number of nitrogens with two attached hydrogens (primary N) is 1. The van der Waals surface area contributed by atoms with Gasteiger partial charge in [-0.15, -0.1) is 0 Å². The molecule has 0 radical (unpaired) electrons. The Hall–Kier alpha value is -3.40. The van der Waals surface area contributed by atoms with Gasteiger partial charge in [-0.1, -0.05) is 12.1 Å². The van der Waals surface area contributed by atoms with Gasteiger partial charge in [-0.05, 0) is 50.1 Å². The van der Waals surface area contributed by atoms with Crippen LogP contribution in [0.1, 0.15) is 36.1 Å². The maximum Gasteiger partial charge on any atom is 0.416 e. The molecule has 0 aliphatic heterocycles. The molecular formula is C24H25F4N3O3. The summed E-state index contributed by atoms with van der Waals surface area (Å²) in [5, 5.41) is 8.78. The minimum atomic E-state index is -4.44. The third kappa shape index (κ3) is 6.57. The van der Waals surface area contributed by atoms with Gasteiger partial charge in [0, 0.05) is 29.1 Å². The van der Waals surface area contributed by atoms with Gasteiger partial charge in [0.05, 0.1) is 25.1 Å². The Balaban J connectivity index is 1.76.